The lowest BCUT2D eigenvalue weighted by Gasteiger charge is -2.10. The van der Waals surface area contributed by atoms with Gasteiger partial charge in [-0.05, 0) is 60.4 Å². The fraction of sp³-hybridized carbons (Fsp3) is 0.143. The van der Waals surface area contributed by atoms with Gasteiger partial charge in [-0.15, -0.1) is 0 Å². The van der Waals surface area contributed by atoms with Crippen LogP contribution in [0.15, 0.2) is 53.8 Å². The molecular weight excluding hydrogens is 423 g/mol. The minimum atomic E-state index is -0.305. The summed E-state index contributed by atoms with van der Waals surface area (Å²) in [6.45, 7) is 1.95. The molecule has 0 radical (unpaired) electrons. The third-order valence-electron chi connectivity index (χ3n) is 4.31. The van der Waals surface area contributed by atoms with Gasteiger partial charge < -0.3 is 10.1 Å². The standard InChI is InChI=1S/C21H17FN4O2S2/c1-12-3-8-16(28-2)15(9-12)25-17(27)10-29-21-20-19(23-11-24-21)18(26-30-20)13-4-6-14(22)7-5-13/h3-9,11H,10H2,1-2H3,(H,25,27). The molecule has 6 nitrogen and oxygen atoms in total. The van der Waals surface area contributed by atoms with Crippen LogP contribution in [0.2, 0.25) is 0 Å². The molecule has 30 heavy (non-hydrogen) atoms. The summed E-state index contributed by atoms with van der Waals surface area (Å²) in [6.07, 6.45) is 1.45. The maximum atomic E-state index is 13.2. The van der Waals surface area contributed by atoms with Crippen LogP contribution >= 0.6 is 23.3 Å². The topological polar surface area (TPSA) is 77.0 Å². The molecule has 0 spiro atoms. The molecule has 0 aliphatic carbocycles. The number of methoxy groups -OCH3 is 1. The summed E-state index contributed by atoms with van der Waals surface area (Å²) in [7, 11) is 1.56. The number of carbonyl (C=O) groups is 1. The van der Waals surface area contributed by atoms with E-state index in [9.17, 15) is 9.18 Å². The van der Waals surface area contributed by atoms with Crippen LogP contribution in [0.3, 0.4) is 0 Å². The zero-order chi connectivity index (χ0) is 21.1. The molecule has 2 heterocycles. The lowest BCUT2D eigenvalue weighted by molar-refractivity contribution is -0.113. The number of benzene rings is 2. The van der Waals surface area contributed by atoms with Gasteiger partial charge in [-0.1, -0.05) is 17.8 Å². The van der Waals surface area contributed by atoms with Gasteiger partial charge in [0.25, 0.3) is 0 Å². The third kappa shape index (κ3) is 4.27. The van der Waals surface area contributed by atoms with Crippen LogP contribution in [0.1, 0.15) is 5.56 Å². The molecule has 0 unspecified atom stereocenters. The highest BCUT2D eigenvalue weighted by Gasteiger charge is 2.16. The molecule has 152 valence electrons. The van der Waals surface area contributed by atoms with Crippen molar-refractivity contribution < 1.29 is 13.9 Å². The van der Waals surface area contributed by atoms with Crippen molar-refractivity contribution in [3.05, 3.63) is 60.2 Å². The second-order valence-corrected chi connectivity index (χ2v) is 8.17. The third-order valence-corrected chi connectivity index (χ3v) is 6.27. The highest BCUT2D eigenvalue weighted by Crippen LogP contribution is 2.34. The number of hydrogen-bond acceptors (Lipinski definition) is 7. The minimum absolute atomic E-state index is 0.168. The van der Waals surface area contributed by atoms with Crippen molar-refractivity contribution in [1.82, 2.24) is 14.3 Å². The van der Waals surface area contributed by atoms with Gasteiger partial charge in [0.05, 0.1) is 18.6 Å². The summed E-state index contributed by atoms with van der Waals surface area (Å²) in [4.78, 5) is 21.1. The van der Waals surface area contributed by atoms with E-state index in [4.69, 9.17) is 4.74 Å². The van der Waals surface area contributed by atoms with E-state index in [1.165, 1.54) is 41.8 Å². The molecule has 0 atom stereocenters. The minimum Gasteiger partial charge on any atom is -0.495 e. The van der Waals surface area contributed by atoms with Crippen LogP contribution in [0, 0.1) is 12.7 Å². The predicted molar refractivity (Wildman–Crippen MR) is 118 cm³/mol. The molecule has 2 aromatic carbocycles. The largest absolute Gasteiger partial charge is 0.495 e. The Morgan fingerprint density at radius 3 is 2.77 bits per heavy atom. The Morgan fingerprint density at radius 1 is 1.20 bits per heavy atom. The van der Waals surface area contributed by atoms with E-state index >= 15 is 0 Å². The number of nitrogens with one attached hydrogen (secondary N) is 1. The molecule has 0 aliphatic heterocycles. The van der Waals surface area contributed by atoms with Gasteiger partial charge in [-0.25, -0.2) is 14.4 Å². The summed E-state index contributed by atoms with van der Waals surface area (Å²) in [5, 5.41) is 3.56. The maximum Gasteiger partial charge on any atom is 0.234 e. The number of nitrogens with zero attached hydrogens (tertiary/aromatic N) is 3. The highest BCUT2D eigenvalue weighted by atomic mass is 32.2. The lowest BCUT2D eigenvalue weighted by Crippen LogP contribution is -2.15. The van der Waals surface area contributed by atoms with E-state index in [1.54, 1.807) is 19.2 Å². The summed E-state index contributed by atoms with van der Waals surface area (Å²) in [5.74, 6) is 0.307. The van der Waals surface area contributed by atoms with E-state index in [-0.39, 0.29) is 17.5 Å². The molecule has 0 fully saturated rings. The Balaban J connectivity index is 1.51. The summed E-state index contributed by atoms with van der Waals surface area (Å²) in [6, 6.07) is 11.7. The van der Waals surface area contributed by atoms with Crippen molar-refractivity contribution in [3.63, 3.8) is 0 Å². The van der Waals surface area contributed by atoms with E-state index in [2.05, 4.69) is 19.7 Å². The fourth-order valence-electron chi connectivity index (χ4n) is 2.88. The van der Waals surface area contributed by atoms with Crippen molar-refractivity contribution in [1.29, 1.82) is 0 Å². The maximum absolute atomic E-state index is 13.2. The molecule has 1 N–H and O–H groups in total. The number of anilines is 1. The van der Waals surface area contributed by atoms with Crippen LogP contribution < -0.4 is 10.1 Å². The molecular formula is C21H17FN4O2S2. The van der Waals surface area contributed by atoms with Gasteiger partial charge in [0.2, 0.25) is 5.91 Å². The van der Waals surface area contributed by atoms with E-state index in [0.717, 1.165) is 15.8 Å². The van der Waals surface area contributed by atoms with Gasteiger partial charge >= 0.3 is 0 Å². The smallest absolute Gasteiger partial charge is 0.234 e. The normalized spacial score (nSPS) is 10.9. The Morgan fingerprint density at radius 2 is 2.00 bits per heavy atom. The average molecular weight is 441 g/mol. The number of fused-ring (bicyclic) bond motifs is 1. The zero-order valence-electron chi connectivity index (χ0n) is 16.2. The number of aromatic nitrogens is 3. The van der Waals surface area contributed by atoms with E-state index in [0.29, 0.717) is 27.7 Å². The molecule has 1 amide bonds. The SMILES string of the molecule is COc1ccc(C)cc1NC(=O)CSc1ncnc2c(-c3ccc(F)cc3)nsc12. The first-order chi connectivity index (χ1) is 14.5. The Bertz CT molecular complexity index is 1210. The van der Waals surface area contributed by atoms with E-state index < -0.39 is 0 Å². The van der Waals surface area contributed by atoms with Gasteiger partial charge in [0.1, 0.15) is 38.8 Å². The van der Waals surface area contributed by atoms with Gasteiger partial charge in [-0.3, -0.25) is 4.79 Å². The number of ether oxygens (including phenoxy) is 1. The summed E-state index contributed by atoms with van der Waals surface area (Å²) < 4.78 is 23.8. The van der Waals surface area contributed by atoms with Gasteiger partial charge in [0, 0.05) is 5.56 Å². The van der Waals surface area contributed by atoms with Crippen LogP contribution in [-0.4, -0.2) is 33.1 Å². The molecule has 4 aromatic rings. The van der Waals surface area contributed by atoms with Crippen LogP contribution in [0.4, 0.5) is 10.1 Å². The number of carbonyl (C=O) groups excluding carboxylic acids is 1. The predicted octanol–water partition coefficient (Wildman–Crippen LogP) is 4.94. The molecule has 0 saturated heterocycles. The summed E-state index contributed by atoms with van der Waals surface area (Å²) in [5.41, 5.74) is 3.79. The highest BCUT2D eigenvalue weighted by molar-refractivity contribution is 8.00. The van der Waals surface area contributed by atoms with Crippen LogP contribution in [0.25, 0.3) is 21.5 Å². The van der Waals surface area contributed by atoms with Crippen molar-refractivity contribution in [2.24, 2.45) is 0 Å². The summed E-state index contributed by atoms with van der Waals surface area (Å²) >= 11 is 2.57. The first-order valence-electron chi connectivity index (χ1n) is 8.99. The Kier molecular flexibility index (Phi) is 5.91. The molecule has 0 saturated carbocycles. The van der Waals surface area contributed by atoms with Crippen molar-refractivity contribution >= 4 is 45.1 Å². The van der Waals surface area contributed by atoms with Gasteiger partial charge in [0.15, 0.2) is 0 Å². The lowest BCUT2D eigenvalue weighted by atomic mass is 10.1. The number of rotatable bonds is 6. The quantitative estimate of drug-likeness (QED) is 0.338. The van der Waals surface area contributed by atoms with Crippen molar-refractivity contribution in [2.45, 2.75) is 11.9 Å². The number of hydrogen-bond donors (Lipinski definition) is 1. The molecule has 4 rings (SSSR count). The monoisotopic (exact) mass is 440 g/mol. The fourth-order valence-corrected chi connectivity index (χ4v) is 4.60. The van der Waals surface area contributed by atoms with Crippen molar-refractivity contribution in [3.8, 4) is 17.0 Å². The second kappa shape index (κ2) is 8.76. The van der Waals surface area contributed by atoms with Crippen LogP contribution in [-0.2, 0) is 4.79 Å². The average Bonchev–Trinajstić information content (AvgIpc) is 3.18. The number of thioether (sulfide) groups is 1. The zero-order valence-corrected chi connectivity index (χ0v) is 17.8. The Labute approximate surface area is 180 Å². The first kappa shape index (κ1) is 20.2. The van der Waals surface area contributed by atoms with E-state index in [1.807, 2.05) is 25.1 Å². The number of aryl methyl sites for hydroxylation is 1. The molecule has 0 bridgehead atoms. The van der Waals surface area contributed by atoms with Crippen molar-refractivity contribution in [2.75, 3.05) is 18.2 Å². The Hall–Kier alpha value is -3.04. The molecule has 0 aliphatic rings. The second-order valence-electron chi connectivity index (χ2n) is 6.44. The molecule has 9 heteroatoms. The van der Waals surface area contributed by atoms with Gasteiger partial charge in [-0.2, -0.15) is 4.37 Å². The van der Waals surface area contributed by atoms with Crippen LogP contribution in [0.5, 0.6) is 5.75 Å². The molecule has 2 aromatic heterocycles. The number of halogens is 1. The number of amides is 1. The first-order valence-corrected chi connectivity index (χ1v) is 10.7.